The van der Waals surface area contributed by atoms with Crippen LogP contribution in [0.25, 0.3) is 0 Å². The van der Waals surface area contributed by atoms with E-state index in [2.05, 4.69) is 4.98 Å². The summed E-state index contributed by atoms with van der Waals surface area (Å²) in [6.07, 6.45) is 0.0294. The molecule has 0 spiro atoms. The van der Waals surface area contributed by atoms with Gasteiger partial charge in [0.05, 0.1) is 12.7 Å². The summed E-state index contributed by atoms with van der Waals surface area (Å²) >= 11 is 4.96. The third-order valence-electron chi connectivity index (χ3n) is 2.49. The van der Waals surface area contributed by atoms with E-state index in [9.17, 15) is 9.90 Å². The number of aliphatic hydroxyl groups excluding tert-OH is 2. The van der Waals surface area contributed by atoms with Crippen LogP contribution in [0.4, 0.5) is 0 Å². The van der Waals surface area contributed by atoms with Gasteiger partial charge in [-0.1, -0.05) is 0 Å². The van der Waals surface area contributed by atoms with Gasteiger partial charge in [-0.25, -0.2) is 0 Å². The molecule has 1 aromatic rings. The Morgan fingerprint density at radius 1 is 1.69 bits per heavy atom. The Morgan fingerprint density at radius 2 is 2.44 bits per heavy atom. The molecule has 1 aliphatic rings. The van der Waals surface area contributed by atoms with Crippen LogP contribution in [-0.2, 0) is 4.74 Å². The van der Waals surface area contributed by atoms with Crippen LogP contribution in [0.3, 0.4) is 0 Å². The number of hydrogen-bond acceptors (Lipinski definition) is 5. The van der Waals surface area contributed by atoms with E-state index in [0.717, 1.165) is 0 Å². The second-order valence-electron chi connectivity index (χ2n) is 3.65. The third-order valence-corrected chi connectivity index (χ3v) is 2.81. The van der Waals surface area contributed by atoms with E-state index in [-0.39, 0.29) is 16.9 Å². The number of aromatic amines is 1. The molecule has 3 atom stereocenters. The van der Waals surface area contributed by atoms with Crippen molar-refractivity contribution >= 4 is 12.2 Å². The molecule has 3 N–H and O–H groups in total. The predicted molar refractivity (Wildman–Crippen MR) is 57.5 cm³/mol. The molecule has 2 rings (SSSR count). The molecule has 0 amide bonds. The summed E-state index contributed by atoms with van der Waals surface area (Å²) in [6.45, 7) is -0.149. The second kappa shape index (κ2) is 4.46. The van der Waals surface area contributed by atoms with Crippen LogP contribution < -0.4 is 5.56 Å². The fourth-order valence-corrected chi connectivity index (χ4v) is 1.99. The minimum absolute atomic E-state index is 0.149. The van der Waals surface area contributed by atoms with Gasteiger partial charge in [0.1, 0.15) is 6.10 Å². The van der Waals surface area contributed by atoms with Gasteiger partial charge in [-0.2, -0.15) is 0 Å². The van der Waals surface area contributed by atoms with Gasteiger partial charge in [0, 0.05) is 18.7 Å². The molecule has 0 radical (unpaired) electrons. The summed E-state index contributed by atoms with van der Waals surface area (Å²) in [5.74, 6) is 0. The highest BCUT2D eigenvalue weighted by Gasteiger charge is 2.34. The van der Waals surface area contributed by atoms with Gasteiger partial charge in [0.25, 0.3) is 5.56 Å². The lowest BCUT2D eigenvalue weighted by atomic mass is 10.2. The lowest BCUT2D eigenvalue weighted by Gasteiger charge is -2.17. The molecular weight excluding hydrogens is 232 g/mol. The Morgan fingerprint density at radius 3 is 3.00 bits per heavy atom. The zero-order valence-corrected chi connectivity index (χ0v) is 9.18. The number of nitrogens with zero attached hydrogens (tertiary/aromatic N) is 1. The summed E-state index contributed by atoms with van der Waals surface area (Å²) in [5.41, 5.74) is -0.299. The molecule has 7 heteroatoms. The fraction of sp³-hybridized carbons (Fsp3) is 0.556. The smallest absolute Gasteiger partial charge is 0.251 e. The van der Waals surface area contributed by atoms with Gasteiger partial charge < -0.3 is 14.9 Å². The molecule has 2 heterocycles. The highest BCUT2D eigenvalue weighted by atomic mass is 32.1. The maximum atomic E-state index is 11.0. The van der Waals surface area contributed by atoms with E-state index in [1.807, 2.05) is 0 Å². The van der Waals surface area contributed by atoms with E-state index in [1.54, 1.807) is 0 Å². The van der Waals surface area contributed by atoms with Crippen LogP contribution in [-0.4, -0.2) is 38.6 Å². The second-order valence-corrected chi connectivity index (χ2v) is 4.04. The van der Waals surface area contributed by atoms with Gasteiger partial charge in [0.15, 0.2) is 11.0 Å². The maximum absolute atomic E-state index is 11.0. The fourth-order valence-electron chi connectivity index (χ4n) is 1.73. The summed E-state index contributed by atoms with van der Waals surface area (Å²) in [7, 11) is 0. The highest BCUT2D eigenvalue weighted by Crippen LogP contribution is 2.28. The predicted octanol–water partition coefficient (Wildman–Crippen LogP) is -0.453. The van der Waals surface area contributed by atoms with Crippen LogP contribution in [0, 0.1) is 4.77 Å². The average Bonchev–Trinajstić information content (AvgIpc) is 2.60. The first-order valence-corrected chi connectivity index (χ1v) is 5.28. The standard InChI is InChI=1S/C9H12N2O4S/c12-4-5-3-6(13)8(15-5)11-2-1-7(14)10-9(11)16/h1-2,5-6,8,12-13H,3-4H2,(H,10,14,16)/t5-,6+,8+/m0/s1. The van der Waals surface area contributed by atoms with Crippen molar-refractivity contribution in [3.63, 3.8) is 0 Å². The highest BCUT2D eigenvalue weighted by molar-refractivity contribution is 7.71. The zero-order valence-electron chi connectivity index (χ0n) is 8.37. The lowest BCUT2D eigenvalue weighted by molar-refractivity contribution is -0.0520. The van der Waals surface area contributed by atoms with Crippen molar-refractivity contribution in [2.75, 3.05) is 6.61 Å². The van der Waals surface area contributed by atoms with E-state index >= 15 is 0 Å². The number of hydrogen-bond donors (Lipinski definition) is 3. The molecule has 0 saturated carbocycles. The number of aliphatic hydroxyl groups is 2. The molecule has 0 bridgehead atoms. The van der Waals surface area contributed by atoms with Crippen molar-refractivity contribution in [1.29, 1.82) is 0 Å². The van der Waals surface area contributed by atoms with Crippen molar-refractivity contribution in [3.05, 3.63) is 27.4 Å². The van der Waals surface area contributed by atoms with Gasteiger partial charge >= 0.3 is 0 Å². The van der Waals surface area contributed by atoms with Gasteiger partial charge in [-0.15, -0.1) is 0 Å². The monoisotopic (exact) mass is 244 g/mol. The first kappa shape index (κ1) is 11.5. The normalized spacial score (nSPS) is 29.5. The number of rotatable bonds is 2. The summed E-state index contributed by atoms with van der Waals surface area (Å²) < 4.78 is 7.06. The molecule has 1 saturated heterocycles. The van der Waals surface area contributed by atoms with Crippen LogP contribution in [0.2, 0.25) is 0 Å². The molecular formula is C9H12N2O4S. The van der Waals surface area contributed by atoms with Crippen LogP contribution in [0.5, 0.6) is 0 Å². The van der Waals surface area contributed by atoms with E-state index in [0.29, 0.717) is 6.42 Å². The van der Waals surface area contributed by atoms with Gasteiger partial charge in [-0.3, -0.25) is 14.3 Å². The Labute approximate surface area is 96.1 Å². The van der Waals surface area contributed by atoms with Crippen LogP contribution >= 0.6 is 12.2 Å². The minimum atomic E-state index is -0.741. The molecule has 1 fully saturated rings. The zero-order chi connectivity index (χ0) is 11.7. The topological polar surface area (TPSA) is 87.5 Å². The van der Waals surface area contributed by atoms with E-state index < -0.39 is 18.4 Å². The maximum Gasteiger partial charge on any atom is 0.251 e. The van der Waals surface area contributed by atoms with Crippen molar-refractivity contribution < 1.29 is 14.9 Å². The Bertz CT molecular complexity index is 483. The molecule has 6 nitrogen and oxygen atoms in total. The average molecular weight is 244 g/mol. The summed E-state index contributed by atoms with van der Waals surface area (Å²) in [6, 6.07) is 1.30. The molecule has 16 heavy (non-hydrogen) atoms. The number of aromatic nitrogens is 2. The molecule has 1 aliphatic heterocycles. The summed E-state index contributed by atoms with van der Waals surface area (Å²) in [5, 5.41) is 18.7. The first-order valence-electron chi connectivity index (χ1n) is 4.87. The molecule has 0 aliphatic carbocycles. The number of nitrogens with one attached hydrogen (secondary N) is 1. The SMILES string of the molecule is O=c1ccn([C@@H]2O[C@H](CO)C[C@H]2O)c(=S)[nH]1. The number of H-pyrrole nitrogens is 1. The number of ether oxygens (including phenoxy) is 1. The van der Waals surface area contributed by atoms with Gasteiger partial charge in [-0.05, 0) is 12.2 Å². The van der Waals surface area contributed by atoms with Crippen molar-refractivity contribution in [1.82, 2.24) is 9.55 Å². The van der Waals surface area contributed by atoms with Crippen LogP contribution in [0.15, 0.2) is 17.1 Å². The third kappa shape index (κ3) is 2.07. The van der Waals surface area contributed by atoms with E-state index in [1.165, 1.54) is 16.8 Å². The Hall–Kier alpha value is -1.02. The van der Waals surface area contributed by atoms with Gasteiger partial charge in [0.2, 0.25) is 0 Å². The quantitative estimate of drug-likeness (QED) is 0.613. The lowest BCUT2D eigenvalue weighted by Crippen LogP contribution is -2.23. The largest absolute Gasteiger partial charge is 0.394 e. The minimum Gasteiger partial charge on any atom is -0.394 e. The molecule has 0 aromatic carbocycles. The molecule has 0 unspecified atom stereocenters. The van der Waals surface area contributed by atoms with Crippen molar-refractivity contribution in [3.8, 4) is 0 Å². The summed E-state index contributed by atoms with van der Waals surface area (Å²) in [4.78, 5) is 13.4. The molecule has 88 valence electrons. The molecule has 1 aromatic heterocycles. The van der Waals surface area contributed by atoms with Crippen molar-refractivity contribution in [2.24, 2.45) is 0 Å². The van der Waals surface area contributed by atoms with E-state index in [4.69, 9.17) is 22.1 Å². The van der Waals surface area contributed by atoms with Crippen molar-refractivity contribution in [2.45, 2.75) is 24.9 Å². The first-order chi connectivity index (χ1) is 7.61. The Kier molecular flexibility index (Phi) is 3.20. The Balaban J connectivity index is 2.31. The van der Waals surface area contributed by atoms with Crippen LogP contribution in [0.1, 0.15) is 12.6 Å².